The summed E-state index contributed by atoms with van der Waals surface area (Å²) in [5.74, 6) is 2.19. The lowest BCUT2D eigenvalue weighted by molar-refractivity contribution is 0.720. The lowest BCUT2D eigenvalue weighted by Gasteiger charge is -2.42. The summed E-state index contributed by atoms with van der Waals surface area (Å²) in [6, 6.07) is 95.5. The van der Waals surface area contributed by atoms with E-state index in [1.54, 1.807) is 0 Å². The smallest absolute Gasteiger partial charge is 0.164 e. The Labute approximate surface area is 444 Å². The van der Waals surface area contributed by atoms with Gasteiger partial charge in [-0.1, -0.05) is 274 Å². The second-order valence-corrected chi connectivity index (χ2v) is 24.3. The molecule has 76 heavy (non-hydrogen) atoms. The molecule has 2 aromatic heterocycles. The highest BCUT2D eigenvalue weighted by atomic mass is 28.3. The van der Waals surface area contributed by atoms with E-state index in [0.29, 0.717) is 23.4 Å². The van der Waals surface area contributed by atoms with Crippen molar-refractivity contribution in [2.24, 2.45) is 5.92 Å². The zero-order valence-corrected chi connectivity index (χ0v) is 43.1. The third-order valence-electron chi connectivity index (χ3n) is 16.2. The molecule has 0 N–H and O–H groups in total. The fourth-order valence-corrected chi connectivity index (χ4v) is 18.7. The Balaban J connectivity index is 0.994. The van der Waals surface area contributed by atoms with Crippen molar-refractivity contribution in [3.8, 4) is 51.0 Å². The van der Waals surface area contributed by atoms with Crippen LogP contribution < -0.4 is 15.6 Å². The quantitative estimate of drug-likeness (QED) is 0.101. The molecule has 12 aromatic rings. The highest BCUT2D eigenvalue weighted by Gasteiger charge is 2.49. The third kappa shape index (κ3) is 7.07. The highest BCUT2D eigenvalue weighted by Crippen LogP contribution is 2.59. The summed E-state index contributed by atoms with van der Waals surface area (Å²) in [5.41, 5.74) is 13.3. The summed E-state index contributed by atoms with van der Waals surface area (Å²) < 4.78 is 2.50. The van der Waals surface area contributed by atoms with Crippen LogP contribution in [-0.2, 0) is 5.41 Å². The summed E-state index contributed by atoms with van der Waals surface area (Å²) >= 11 is 0. The second kappa shape index (κ2) is 18.6. The average molecular weight is 989 g/mol. The monoisotopic (exact) mass is 988 g/mol. The van der Waals surface area contributed by atoms with Gasteiger partial charge in [0, 0.05) is 38.7 Å². The van der Waals surface area contributed by atoms with Crippen LogP contribution >= 0.6 is 0 Å². The predicted molar refractivity (Wildman–Crippen MR) is 317 cm³/mol. The van der Waals surface area contributed by atoms with Gasteiger partial charge in [-0.3, -0.25) is 0 Å². The van der Waals surface area contributed by atoms with Crippen LogP contribution in [-0.4, -0.2) is 27.6 Å². The van der Waals surface area contributed by atoms with E-state index in [9.17, 15) is 0 Å². The van der Waals surface area contributed by atoms with Crippen LogP contribution in [0.4, 0.5) is 0 Å². The highest BCUT2D eigenvalue weighted by molar-refractivity contribution is 7.12. The molecule has 5 heteroatoms. The molecule has 0 amide bonds. The molecule has 2 heterocycles. The Hall–Kier alpha value is -9.29. The van der Waals surface area contributed by atoms with E-state index in [2.05, 4.69) is 291 Å². The number of aromatic nitrogens is 4. The lowest BCUT2D eigenvalue weighted by Crippen LogP contribution is -2.70. The van der Waals surface area contributed by atoms with Crippen LogP contribution in [0.3, 0.4) is 0 Å². The molecule has 0 radical (unpaired) electrons. The van der Waals surface area contributed by atoms with E-state index < -0.39 is 13.5 Å². The number of para-hydroxylation sites is 1. The molecule has 2 aliphatic carbocycles. The van der Waals surface area contributed by atoms with Gasteiger partial charge in [0.15, 0.2) is 25.5 Å². The first-order valence-electron chi connectivity index (χ1n) is 26.4. The van der Waals surface area contributed by atoms with Gasteiger partial charge in [0.1, 0.15) is 0 Å². The summed E-state index contributed by atoms with van der Waals surface area (Å²) in [5, 5.41) is 6.46. The van der Waals surface area contributed by atoms with Crippen LogP contribution in [0.15, 0.2) is 285 Å². The molecule has 0 saturated carbocycles. The SMILES string of the molecule is CC1C=CC=CC1[Si](c1ccccc1)(c1ccccc1)c1cccc(-c2nc(-c3ccccc3)nc(-c3cccc(-n4c5ccccc5c5ccc6c(c54)C(c4ccccc4)(c4ccccc4)c4ccccc4-6)c3)n2)c1. The van der Waals surface area contributed by atoms with Crippen molar-refractivity contribution in [3.05, 3.63) is 307 Å². The Bertz CT molecular complexity index is 4110. The zero-order chi connectivity index (χ0) is 50.6. The minimum atomic E-state index is -2.78. The predicted octanol–water partition coefficient (Wildman–Crippen LogP) is 14.9. The molecule has 0 aliphatic heterocycles. The minimum absolute atomic E-state index is 0.260. The maximum atomic E-state index is 5.49. The van der Waals surface area contributed by atoms with Gasteiger partial charge in [0.05, 0.1) is 16.4 Å². The minimum Gasteiger partial charge on any atom is -0.309 e. The first-order chi connectivity index (χ1) is 37.6. The van der Waals surface area contributed by atoms with Crippen LogP contribution in [0.25, 0.3) is 72.8 Å². The van der Waals surface area contributed by atoms with Crippen molar-refractivity contribution in [2.75, 3.05) is 0 Å². The van der Waals surface area contributed by atoms with Crippen molar-refractivity contribution in [3.63, 3.8) is 0 Å². The van der Waals surface area contributed by atoms with Gasteiger partial charge in [-0.15, -0.1) is 0 Å². The molecule has 0 spiro atoms. The largest absolute Gasteiger partial charge is 0.309 e. The molecule has 0 bridgehead atoms. The van der Waals surface area contributed by atoms with Crippen molar-refractivity contribution in [2.45, 2.75) is 17.9 Å². The maximum absolute atomic E-state index is 5.49. The molecule has 4 nitrogen and oxygen atoms in total. The molecular formula is C71H52N4Si. The van der Waals surface area contributed by atoms with Gasteiger partial charge in [-0.2, -0.15) is 0 Å². The molecule has 2 unspecified atom stereocenters. The van der Waals surface area contributed by atoms with Crippen LogP contribution in [0.5, 0.6) is 0 Å². The average Bonchev–Trinajstić information content (AvgIpc) is 4.23. The zero-order valence-electron chi connectivity index (χ0n) is 42.1. The Morgan fingerprint density at radius 2 is 0.921 bits per heavy atom. The van der Waals surface area contributed by atoms with Crippen LogP contribution in [0.2, 0.25) is 5.54 Å². The van der Waals surface area contributed by atoms with E-state index in [1.165, 1.54) is 65.2 Å². The van der Waals surface area contributed by atoms with Crippen LogP contribution in [0.1, 0.15) is 29.2 Å². The van der Waals surface area contributed by atoms with E-state index in [4.69, 9.17) is 15.0 Å². The molecule has 2 atom stereocenters. The van der Waals surface area contributed by atoms with E-state index in [-0.39, 0.29) is 5.54 Å². The number of hydrogen-bond acceptors (Lipinski definition) is 3. The van der Waals surface area contributed by atoms with Crippen molar-refractivity contribution in [1.82, 2.24) is 19.5 Å². The summed E-state index contributed by atoms with van der Waals surface area (Å²) in [4.78, 5) is 16.2. The molecule has 360 valence electrons. The standard InChI is InChI=1S/C71H52N4Si/c1-49-25-17-22-44-65(49)76(56-35-13-5-14-36-56,57-37-15-6-16-38-57)58-39-24-29-52(48-58)70-73-68(50-26-7-2-8-27-50)72-69(74-70)51-28-23-34-55(47-51)75-64-43-21-19-41-60(64)62-46-45-61-59-40-18-20-42-63(59)71(66(61)67(62)75,53-30-9-3-10-31-53)54-32-11-4-12-33-54/h2-49,65H,1H3. The molecule has 0 saturated heterocycles. The first kappa shape index (κ1) is 45.3. The van der Waals surface area contributed by atoms with Gasteiger partial charge in [-0.25, -0.2) is 15.0 Å². The van der Waals surface area contributed by atoms with E-state index >= 15 is 0 Å². The Morgan fingerprint density at radius 1 is 0.408 bits per heavy atom. The molecule has 14 rings (SSSR count). The maximum Gasteiger partial charge on any atom is 0.164 e. The number of fused-ring (bicyclic) bond motifs is 7. The lowest BCUT2D eigenvalue weighted by atomic mass is 9.67. The number of allylic oxidation sites excluding steroid dienone is 4. The fourth-order valence-electron chi connectivity index (χ4n) is 13.0. The summed E-state index contributed by atoms with van der Waals surface area (Å²) in [7, 11) is -2.78. The molecule has 2 aliphatic rings. The van der Waals surface area contributed by atoms with E-state index in [1.807, 2.05) is 6.07 Å². The summed E-state index contributed by atoms with van der Waals surface area (Å²) in [6.45, 7) is 2.37. The normalized spacial score (nSPS) is 15.4. The van der Waals surface area contributed by atoms with Gasteiger partial charge in [0.25, 0.3) is 0 Å². The number of rotatable bonds is 10. The van der Waals surface area contributed by atoms with Crippen LogP contribution in [0, 0.1) is 5.92 Å². The van der Waals surface area contributed by atoms with Crippen molar-refractivity contribution in [1.29, 1.82) is 0 Å². The fraction of sp³-hybridized carbons (Fsp3) is 0.0563. The Kier molecular flexibility index (Phi) is 11.1. The number of benzene rings is 10. The van der Waals surface area contributed by atoms with Gasteiger partial charge < -0.3 is 4.57 Å². The van der Waals surface area contributed by atoms with Gasteiger partial charge in [0.2, 0.25) is 0 Å². The Morgan fingerprint density at radius 3 is 1.58 bits per heavy atom. The first-order valence-corrected chi connectivity index (χ1v) is 28.5. The summed E-state index contributed by atoms with van der Waals surface area (Å²) in [6.07, 6.45) is 9.28. The topological polar surface area (TPSA) is 43.6 Å². The van der Waals surface area contributed by atoms with E-state index in [0.717, 1.165) is 27.9 Å². The molecule has 10 aromatic carbocycles. The number of nitrogens with zero attached hydrogens (tertiary/aromatic N) is 4. The van der Waals surface area contributed by atoms with Gasteiger partial charge in [-0.05, 0) is 73.0 Å². The van der Waals surface area contributed by atoms with Crippen molar-refractivity contribution >= 4 is 45.4 Å². The molecular weight excluding hydrogens is 937 g/mol. The van der Waals surface area contributed by atoms with Gasteiger partial charge >= 0.3 is 0 Å². The third-order valence-corrected chi connectivity index (χ3v) is 21.6. The van der Waals surface area contributed by atoms with Crippen molar-refractivity contribution < 1.29 is 0 Å². The molecule has 0 fully saturated rings. The second-order valence-electron chi connectivity index (χ2n) is 20.3. The number of hydrogen-bond donors (Lipinski definition) is 0.